The smallest absolute Gasteiger partial charge is 0.257 e. The molecular formula is C27H27ClN2O5S. The average Bonchev–Trinajstić information content (AvgIpc) is 3.30. The van der Waals surface area contributed by atoms with E-state index in [4.69, 9.17) is 21.1 Å². The molecule has 0 unspecified atom stereocenters. The van der Waals surface area contributed by atoms with Gasteiger partial charge in [0.2, 0.25) is 5.43 Å². The lowest BCUT2D eigenvalue weighted by atomic mass is 10.2. The van der Waals surface area contributed by atoms with Crippen LogP contribution in [0.2, 0.25) is 5.02 Å². The van der Waals surface area contributed by atoms with Gasteiger partial charge in [0.05, 0.1) is 18.6 Å². The largest absolute Gasteiger partial charge is 0.491 e. The van der Waals surface area contributed by atoms with Crippen molar-refractivity contribution in [3.8, 4) is 5.75 Å². The Balaban J connectivity index is 1.36. The highest BCUT2D eigenvalue weighted by Gasteiger charge is 2.17. The number of aliphatic hydroxyl groups excluding tert-OH is 1. The highest BCUT2D eigenvalue weighted by Crippen LogP contribution is 2.24. The van der Waals surface area contributed by atoms with Crippen LogP contribution in [-0.2, 0) is 24.9 Å². The molecule has 0 spiro atoms. The molecule has 2 aromatic heterocycles. The topological polar surface area (TPSA) is 89.8 Å². The number of carbonyl (C=O) groups excluding carboxylic acids is 1. The molecule has 0 aliphatic carbocycles. The first-order valence-corrected chi connectivity index (χ1v) is 12.6. The van der Waals surface area contributed by atoms with E-state index in [9.17, 15) is 14.7 Å². The molecule has 0 saturated heterocycles. The summed E-state index contributed by atoms with van der Waals surface area (Å²) in [5.74, 6) is 0.290. The van der Waals surface area contributed by atoms with E-state index in [2.05, 4.69) is 5.32 Å². The predicted molar refractivity (Wildman–Crippen MR) is 142 cm³/mol. The van der Waals surface area contributed by atoms with Gasteiger partial charge in [-0.15, -0.1) is 11.3 Å². The Hall–Kier alpha value is -3.17. The van der Waals surface area contributed by atoms with Gasteiger partial charge in [-0.05, 0) is 42.3 Å². The number of nitrogens with zero attached hydrogens (tertiary/aromatic N) is 1. The number of para-hydroxylation sites is 1. The number of hydrogen-bond donors (Lipinski definition) is 2. The molecule has 0 bridgehead atoms. The summed E-state index contributed by atoms with van der Waals surface area (Å²) < 4.78 is 13.1. The van der Waals surface area contributed by atoms with Crippen molar-refractivity contribution in [2.24, 2.45) is 7.05 Å². The monoisotopic (exact) mass is 526 g/mol. The zero-order valence-corrected chi connectivity index (χ0v) is 21.6. The number of rotatable bonds is 10. The quantitative estimate of drug-likeness (QED) is 0.319. The Labute approximate surface area is 217 Å². The van der Waals surface area contributed by atoms with E-state index in [1.54, 1.807) is 36.0 Å². The van der Waals surface area contributed by atoms with E-state index >= 15 is 0 Å². The van der Waals surface area contributed by atoms with Crippen molar-refractivity contribution in [2.75, 3.05) is 13.2 Å². The van der Waals surface area contributed by atoms with Crippen LogP contribution in [0.25, 0.3) is 10.2 Å². The van der Waals surface area contributed by atoms with Crippen LogP contribution in [0.15, 0.2) is 65.6 Å². The Morgan fingerprint density at radius 2 is 1.92 bits per heavy atom. The van der Waals surface area contributed by atoms with Crippen molar-refractivity contribution >= 4 is 39.1 Å². The summed E-state index contributed by atoms with van der Waals surface area (Å²) >= 11 is 7.31. The van der Waals surface area contributed by atoms with Crippen molar-refractivity contribution in [1.82, 2.24) is 9.88 Å². The number of fused-ring (bicyclic) bond motifs is 1. The number of aromatic nitrogens is 1. The number of nitrogens with one attached hydrogen (secondary N) is 1. The fourth-order valence-corrected chi connectivity index (χ4v) is 4.82. The maximum atomic E-state index is 13.0. The maximum absolute atomic E-state index is 13.0. The van der Waals surface area contributed by atoms with Crippen LogP contribution in [0.5, 0.6) is 5.75 Å². The molecule has 4 rings (SSSR count). The third-order valence-corrected chi connectivity index (χ3v) is 7.04. The molecule has 2 heterocycles. The summed E-state index contributed by atoms with van der Waals surface area (Å²) in [4.78, 5) is 27.3. The van der Waals surface area contributed by atoms with Gasteiger partial charge in [-0.1, -0.05) is 41.9 Å². The molecule has 0 saturated carbocycles. The van der Waals surface area contributed by atoms with Gasteiger partial charge < -0.3 is 24.5 Å². The standard InChI is InChI=1S/C27H27ClN2O5S/c1-17-5-3-4-6-24(17)35-15-20(31)14-34-16-21-11-22-25(32)23(13-30(2)27(22)36-21)26(33)29-12-18-7-9-19(28)10-8-18/h3-11,13,20,31H,12,14-16H2,1-2H3,(H,29,33)/t20-/m1/s1. The first kappa shape index (κ1) is 25.9. The van der Waals surface area contributed by atoms with Crippen molar-refractivity contribution in [3.63, 3.8) is 0 Å². The van der Waals surface area contributed by atoms with Crippen LogP contribution in [-0.4, -0.2) is 34.9 Å². The van der Waals surface area contributed by atoms with Gasteiger partial charge in [0.15, 0.2) is 0 Å². The van der Waals surface area contributed by atoms with E-state index in [0.29, 0.717) is 10.4 Å². The summed E-state index contributed by atoms with van der Waals surface area (Å²) in [6.07, 6.45) is 0.761. The molecule has 0 aliphatic heterocycles. The molecule has 2 aromatic carbocycles. The number of benzene rings is 2. The van der Waals surface area contributed by atoms with Crippen molar-refractivity contribution < 1.29 is 19.4 Å². The Morgan fingerprint density at radius 1 is 1.17 bits per heavy atom. The summed E-state index contributed by atoms with van der Waals surface area (Å²) in [6, 6.07) is 16.5. The molecule has 188 valence electrons. The lowest BCUT2D eigenvalue weighted by Gasteiger charge is -2.13. The minimum Gasteiger partial charge on any atom is -0.491 e. The van der Waals surface area contributed by atoms with Crippen LogP contribution in [0.4, 0.5) is 0 Å². The predicted octanol–water partition coefficient (Wildman–Crippen LogP) is 4.45. The first-order valence-electron chi connectivity index (χ1n) is 11.4. The zero-order chi connectivity index (χ0) is 25.7. The van der Waals surface area contributed by atoms with Crippen LogP contribution >= 0.6 is 22.9 Å². The van der Waals surface area contributed by atoms with Crippen molar-refractivity contribution in [3.05, 3.63) is 97.6 Å². The van der Waals surface area contributed by atoms with Crippen LogP contribution in [0, 0.1) is 6.92 Å². The first-order chi connectivity index (χ1) is 17.3. The number of amides is 1. The van der Waals surface area contributed by atoms with Crippen LogP contribution in [0.1, 0.15) is 26.4 Å². The highest BCUT2D eigenvalue weighted by atomic mass is 35.5. The molecular weight excluding hydrogens is 500 g/mol. The summed E-state index contributed by atoms with van der Waals surface area (Å²) in [5, 5.41) is 14.1. The Bertz CT molecular complexity index is 1410. The van der Waals surface area contributed by atoms with Gasteiger partial charge >= 0.3 is 0 Å². The van der Waals surface area contributed by atoms with Gasteiger partial charge in [0, 0.05) is 29.7 Å². The molecule has 36 heavy (non-hydrogen) atoms. The van der Waals surface area contributed by atoms with E-state index in [0.717, 1.165) is 26.6 Å². The molecule has 0 radical (unpaired) electrons. The molecule has 1 atom stereocenters. The van der Waals surface area contributed by atoms with E-state index < -0.39 is 12.0 Å². The second kappa shape index (κ2) is 11.7. The van der Waals surface area contributed by atoms with Crippen molar-refractivity contribution in [1.29, 1.82) is 0 Å². The molecule has 9 heteroatoms. The Kier molecular flexibility index (Phi) is 8.43. The number of ether oxygens (including phenoxy) is 2. The van der Waals surface area contributed by atoms with Gasteiger partial charge in [-0.2, -0.15) is 0 Å². The second-order valence-electron chi connectivity index (χ2n) is 8.47. The van der Waals surface area contributed by atoms with Crippen LogP contribution < -0.4 is 15.5 Å². The third-order valence-electron chi connectivity index (χ3n) is 5.59. The van der Waals surface area contributed by atoms with Gasteiger partial charge in [-0.25, -0.2) is 0 Å². The Morgan fingerprint density at radius 3 is 2.67 bits per heavy atom. The van der Waals surface area contributed by atoms with E-state index in [-0.39, 0.29) is 37.4 Å². The second-order valence-corrected chi connectivity index (χ2v) is 10.0. The van der Waals surface area contributed by atoms with Gasteiger partial charge in [0.25, 0.3) is 5.91 Å². The number of hydrogen-bond acceptors (Lipinski definition) is 6. The minimum absolute atomic E-state index is 0.0769. The lowest BCUT2D eigenvalue weighted by molar-refractivity contribution is 0.00615. The fourth-order valence-electron chi connectivity index (χ4n) is 3.67. The number of thiophene rings is 1. The number of aryl methyl sites for hydroxylation is 2. The summed E-state index contributed by atoms with van der Waals surface area (Å²) in [7, 11) is 1.80. The summed E-state index contributed by atoms with van der Waals surface area (Å²) in [6.45, 7) is 2.67. The SMILES string of the molecule is Cc1ccccc1OC[C@H](O)COCc1cc2c(=O)c(C(=O)NCc3ccc(Cl)cc3)cn(C)c2s1. The third kappa shape index (κ3) is 6.33. The minimum atomic E-state index is -0.791. The highest BCUT2D eigenvalue weighted by molar-refractivity contribution is 7.18. The van der Waals surface area contributed by atoms with Gasteiger partial charge in [-0.3, -0.25) is 9.59 Å². The number of pyridine rings is 1. The number of aliphatic hydroxyl groups is 1. The summed E-state index contributed by atoms with van der Waals surface area (Å²) in [5.41, 5.74) is 1.63. The zero-order valence-electron chi connectivity index (χ0n) is 20.0. The maximum Gasteiger partial charge on any atom is 0.257 e. The molecule has 0 aliphatic rings. The number of halogens is 1. The molecule has 2 N–H and O–H groups in total. The van der Waals surface area contributed by atoms with Crippen molar-refractivity contribution in [2.45, 2.75) is 26.2 Å². The van der Waals surface area contributed by atoms with Gasteiger partial charge in [0.1, 0.15) is 28.9 Å². The molecule has 4 aromatic rings. The van der Waals surface area contributed by atoms with E-state index in [1.807, 2.05) is 43.3 Å². The molecule has 7 nitrogen and oxygen atoms in total. The normalized spacial score (nSPS) is 12.0. The molecule has 1 amide bonds. The van der Waals surface area contributed by atoms with Crippen LogP contribution in [0.3, 0.4) is 0 Å². The molecule has 0 fully saturated rings. The fraction of sp³-hybridized carbons (Fsp3) is 0.259. The van der Waals surface area contributed by atoms with E-state index in [1.165, 1.54) is 11.3 Å². The number of carbonyl (C=O) groups is 1. The average molecular weight is 527 g/mol. The lowest BCUT2D eigenvalue weighted by Crippen LogP contribution is -2.29.